The fourth-order valence-corrected chi connectivity index (χ4v) is 3.63. The van der Waals surface area contributed by atoms with Crippen molar-refractivity contribution >= 4 is 16.6 Å². The van der Waals surface area contributed by atoms with Crippen molar-refractivity contribution in [3.05, 3.63) is 36.8 Å². The van der Waals surface area contributed by atoms with Gasteiger partial charge in [0.05, 0.1) is 20.4 Å². The first kappa shape index (κ1) is 16.6. The first-order valence-corrected chi connectivity index (χ1v) is 8.88. The maximum atomic E-state index is 5.46. The van der Waals surface area contributed by atoms with Crippen molar-refractivity contribution in [3.63, 3.8) is 0 Å². The third-order valence-corrected chi connectivity index (χ3v) is 5.06. The van der Waals surface area contributed by atoms with E-state index in [4.69, 9.17) is 9.47 Å². The van der Waals surface area contributed by atoms with E-state index in [2.05, 4.69) is 20.2 Å². The molecule has 1 aliphatic rings. The maximum Gasteiger partial charge on any atom is 0.161 e. The van der Waals surface area contributed by atoms with Crippen LogP contribution >= 0.6 is 0 Å². The van der Waals surface area contributed by atoms with Crippen molar-refractivity contribution in [1.29, 1.82) is 0 Å². The Bertz CT molecular complexity index is 873. The molecule has 0 N–H and O–H groups in total. The molecule has 1 saturated heterocycles. The van der Waals surface area contributed by atoms with E-state index >= 15 is 0 Å². The average Bonchev–Trinajstić information content (AvgIpc) is 3.20. The molecule has 0 unspecified atom stereocenters. The highest BCUT2D eigenvalue weighted by Gasteiger charge is 2.23. The highest BCUT2D eigenvalue weighted by Crippen LogP contribution is 2.36. The molecule has 1 fully saturated rings. The van der Waals surface area contributed by atoms with E-state index in [9.17, 15) is 0 Å². The molecular formula is C19H23N5O2. The van der Waals surface area contributed by atoms with Crippen molar-refractivity contribution in [1.82, 2.24) is 20.0 Å². The van der Waals surface area contributed by atoms with Crippen molar-refractivity contribution in [2.75, 3.05) is 32.2 Å². The number of benzene rings is 1. The van der Waals surface area contributed by atoms with Gasteiger partial charge >= 0.3 is 0 Å². The summed E-state index contributed by atoms with van der Waals surface area (Å²) in [6.07, 6.45) is 7.87. The number of nitrogens with zero attached hydrogens (tertiary/aromatic N) is 5. The summed E-state index contributed by atoms with van der Waals surface area (Å²) >= 11 is 0. The number of hydrogen-bond donors (Lipinski definition) is 0. The van der Waals surface area contributed by atoms with Gasteiger partial charge in [-0.2, -0.15) is 10.2 Å². The summed E-state index contributed by atoms with van der Waals surface area (Å²) < 4.78 is 12.9. The predicted octanol–water partition coefficient (Wildman–Crippen LogP) is 2.76. The first-order chi connectivity index (χ1) is 12.8. The summed E-state index contributed by atoms with van der Waals surface area (Å²) in [4.78, 5) is 2.32. The monoisotopic (exact) mass is 353 g/mol. The molecule has 3 heterocycles. The first-order valence-electron chi connectivity index (χ1n) is 8.88. The molecule has 136 valence electrons. The Morgan fingerprint density at radius 2 is 1.88 bits per heavy atom. The molecule has 0 saturated carbocycles. The number of ether oxygens (including phenoxy) is 2. The molecule has 3 aromatic rings. The number of rotatable bonds is 5. The highest BCUT2D eigenvalue weighted by atomic mass is 16.5. The Kier molecular flexibility index (Phi) is 4.60. The topological polar surface area (TPSA) is 65.3 Å². The van der Waals surface area contributed by atoms with Crippen molar-refractivity contribution in [2.24, 2.45) is 5.92 Å². The van der Waals surface area contributed by atoms with Crippen LogP contribution in [0, 0.1) is 5.92 Å². The Hall–Kier alpha value is -2.83. The SMILES string of the molecule is COc1cc2cnnc(N3CCC(Cn4cccn4)CC3)c2cc1OC. The second kappa shape index (κ2) is 7.19. The van der Waals surface area contributed by atoms with Gasteiger partial charge in [-0.1, -0.05) is 0 Å². The number of anilines is 1. The largest absolute Gasteiger partial charge is 0.493 e. The van der Waals surface area contributed by atoms with Crippen LogP contribution in [0.2, 0.25) is 0 Å². The lowest BCUT2D eigenvalue weighted by atomic mass is 9.96. The van der Waals surface area contributed by atoms with Gasteiger partial charge in [0.15, 0.2) is 17.3 Å². The minimum Gasteiger partial charge on any atom is -0.493 e. The van der Waals surface area contributed by atoms with Crippen LogP contribution in [0.1, 0.15) is 12.8 Å². The molecule has 0 bridgehead atoms. The lowest BCUT2D eigenvalue weighted by Gasteiger charge is -2.33. The number of hydrogen-bond acceptors (Lipinski definition) is 6. The van der Waals surface area contributed by atoms with Gasteiger partial charge in [0.1, 0.15) is 0 Å². The molecule has 4 rings (SSSR count). The Morgan fingerprint density at radius 3 is 2.58 bits per heavy atom. The van der Waals surface area contributed by atoms with Crippen molar-refractivity contribution < 1.29 is 9.47 Å². The zero-order valence-electron chi connectivity index (χ0n) is 15.1. The van der Waals surface area contributed by atoms with Crippen LogP contribution in [-0.2, 0) is 6.54 Å². The fourth-order valence-electron chi connectivity index (χ4n) is 3.63. The third-order valence-electron chi connectivity index (χ3n) is 5.06. The Balaban J connectivity index is 1.55. The van der Waals surface area contributed by atoms with Crippen LogP contribution in [0.15, 0.2) is 36.8 Å². The zero-order valence-corrected chi connectivity index (χ0v) is 15.1. The fraction of sp³-hybridized carbons (Fsp3) is 0.421. The molecule has 0 radical (unpaired) electrons. The van der Waals surface area contributed by atoms with Crippen LogP contribution in [0.4, 0.5) is 5.82 Å². The number of methoxy groups -OCH3 is 2. The van der Waals surface area contributed by atoms with Gasteiger partial charge in [-0.15, -0.1) is 5.10 Å². The van der Waals surface area contributed by atoms with E-state index in [0.29, 0.717) is 17.4 Å². The zero-order chi connectivity index (χ0) is 17.9. The van der Waals surface area contributed by atoms with E-state index in [0.717, 1.165) is 49.1 Å². The summed E-state index contributed by atoms with van der Waals surface area (Å²) in [6.45, 7) is 2.91. The van der Waals surface area contributed by atoms with Gasteiger partial charge < -0.3 is 14.4 Å². The van der Waals surface area contributed by atoms with Crippen LogP contribution in [0.5, 0.6) is 11.5 Å². The van der Waals surface area contributed by atoms with Gasteiger partial charge in [-0.3, -0.25) is 4.68 Å². The van der Waals surface area contributed by atoms with Gasteiger partial charge in [-0.25, -0.2) is 0 Å². The second-order valence-corrected chi connectivity index (χ2v) is 6.62. The molecule has 26 heavy (non-hydrogen) atoms. The molecule has 0 atom stereocenters. The van der Waals surface area contributed by atoms with Gasteiger partial charge in [0.2, 0.25) is 0 Å². The molecular weight excluding hydrogens is 330 g/mol. The number of aromatic nitrogens is 4. The summed E-state index contributed by atoms with van der Waals surface area (Å²) in [5.74, 6) is 2.98. The van der Waals surface area contributed by atoms with Crippen molar-refractivity contribution in [2.45, 2.75) is 19.4 Å². The van der Waals surface area contributed by atoms with E-state index in [1.807, 2.05) is 35.3 Å². The van der Waals surface area contributed by atoms with Crippen LogP contribution in [-0.4, -0.2) is 47.3 Å². The van der Waals surface area contributed by atoms with Gasteiger partial charge in [0, 0.05) is 42.8 Å². The molecule has 7 heteroatoms. The van der Waals surface area contributed by atoms with Crippen molar-refractivity contribution in [3.8, 4) is 11.5 Å². The Morgan fingerprint density at radius 1 is 1.12 bits per heavy atom. The molecule has 0 aliphatic carbocycles. The molecule has 1 aliphatic heterocycles. The standard InChI is InChI=1S/C19H23N5O2/c1-25-17-10-15-12-20-22-19(16(15)11-18(17)26-2)23-8-4-14(5-9-23)13-24-7-3-6-21-24/h3,6-7,10-12,14H,4-5,8-9,13H2,1-2H3. The third kappa shape index (κ3) is 3.16. The van der Waals surface area contributed by atoms with Gasteiger partial charge in [-0.05, 0) is 37.0 Å². The molecule has 0 amide bonds. The summed E-state index contributed by atoms with van der Waals surface area (Å²) in [5.41, 5.74) is 0. The van der Waals surface area contributed by atoms with E-state index in [1.165, 1.54) is 0 Å². The minimum atomic E-state index is 0.642. The lowest BCUT2D eigenvalue weighted by molar-refractivity contribution is 0.341. The summed E-state index contributed by atoms with van der Waals surface area (Å²) in [7, 11) is 3.29. The van der Waals surface area contributed by atoms with Crippen LogP contribution in [0.25, 0.3) is 10.8 Å². The quantitative estimate of drug-likeness (QED) is 0.703. The summed E-state index contributed by atoms with van der Waals surface area (Å²) in [6, 6.07) is 5.92. The normalized spacial score (nSPS) is 15.4. The smallest absolute Gasteiger partial charge is 0.161 e. The van der Waals surface area contributed by atoms with E-state index < -0.39 is 0 Å². The lowest BCUT2D eigenvalue weighted by Crippen LogP contribution is -2.35. The Labute approximate surface area is 152 Å². The van der Waals surface area contributed by atoms with Crippen LogP contribution in [0.3, 0.4) is 0 Å². The molecule has 7 nitrogen and oxygen atoms in total. The molecule has 1 aromatic carbocycles. The molecule has 2 aromatic heterocycles. The van der Waals surface area contributed by atoms with E-state index in [1.54, 1.807) is 20.4 Å². The predicted molar refractivity (Wildman–Crippen MR) is 99.8 cm³/mol. The highest BCUT2D eigenvalue weighted by molar-refractivity contribution is 5.94. The maximum absolute atomic E-state index is 5.46. The second-order valence-electron chi connectivity index (χ2n) is 6.62. The molecule has 0 spiro atoms. The van der Waals surface area contributed by atoms with E-state index in [-0.39, 0.29) is 0 Å². The minimum absolute atomic E-state index is 0.642. The number of fused-ring (bicyclic) bond motifs is 1. The summed E-state index contributed by atoms with van der Waals surface area (Å²) in [5, 5.41) is 15.0. The van der Waals surface area contributed by atoms with Crippen LogP contribution < -0.4 is 14.4 Å². The average molecular weight is 353 g/mol. The van der Waals surface area contributed by atoms with Gasteiger partial charge in [0.25, 0.3) is 0 Å². The number of piperidine rings is 1.